The SMILES string of the molecule is Nc1ncnn2c(C3CCC3)nc(-c3ccc(Cc4ccccc4)cc3)c12. The second-order valence-electron chi connectivity index (χ2n) is 7.21. The van der Waals surface area contributed by atoms with Gasteiger partial charge in [0.2, 0.25) is 0 Å². The molecule has 0 radical (unpaired) electrons. The van der Waals surface area contributed by atoms with E-state index in [1.54, 1.807) is 0 Å². The van der Waals surface area contributed by atoms with E-state index in [1.807, 2.05) is 10.6 Å². The predicted octanol–water partition coefficient (Wildman–Crippen LogP) is 4.23. The number of nitrogens with zero attached hydrogens (tertiary/aromatic N) is 4. The maximum Gasteiger partial charge on any atom is 0.153 e. The van der Waals surface area contributed by atoms with E-state index in [0.717, 1.165) is 29.0 Å². The molecule has 134 valence electrons. The van der Waals surface area contributed by atoms with Crippen molar-refractivity contribution < 1.29 is 0 Å². The molecule has 27 heavy (non-hydrogen) atoms. The van der Waals surface area contributed by atoms with E-state index in [-0.39, 0.29) is 0 Å². The third-order valence-electron chi connectivity index (χ3n) is 5.43. The van der Waals surface area contributed by atoms with E-state index in [0.29, 0.717) is 11.7 Å². The zero-order valence-electron chi connectivity index (χ0n) is 15.0. The lowest BCUT2D eigenvalue weighted by Crippen LogP contribution is -2.14. The zero-order chi connectivity index (χ0) is 18.2. The molecule has 4 aromatic rings. The van der Waals surface area contributed by atoms with Gasteiger partial charge in [0, 0.05) is 11.5 Å². The van der Waals surface area contributed by atoms with E-state index in [4.69, 9.17) is 10.7 Å². The molecule has 5 nitrogen and oxygen atoms in total. The molecule has 2 aromatic carbocycles. The van der Waals surface area contributed by atoms with Crippen molar-refractivity contribution in [3.63, 3.8) is 0 Å². The van der Waals surface area contributed by atoms with Crippen LogP contribution in [0.5, 0.6) is 0 Å². The maximum absolute atomic E-state index is 6.19. The Balaban J connectivity index is 1.53. The monoisotopic (exact) mass is 355 g/mol. The summed E-state index contributed by atoms with van der Waals surface area (Å²) in [4.78, 5) is 9.13. The average molecular weight is 355 g/mol. The first-order chi connectivity index (χ1) is 13.3. The van der Waals surface area contributed by atoms with Crippen LogP contribution in [-0.2, 0) is 6.42 Å². The van der Waals surface area contributed by atoms with Crippen molar-refractivity contribution in [3.05, 3.63) is 77.9 Å². The first-order valence-corrected chi connectivity index (χ1v) is 9.42. The topological polar surface area (TPSA) is 69.1 Å². The zero-order valence-corrected chi connectivity index (χ0v) is 15.0. The molecule has 1 aliphatic carbocycles. The van der Waals surface area contributed by atoms with Gasteiger partial charge in [-0.25, -0.2) is 14.5 Å². The number of aromatic nitrogens is 4. The summed E-state index contributed by atoms with van der Waals surface area (Å²) in [6, 6.07) is 19.1. The summed E-state index contributed by atoms with van der Waals surface area (Å²) < 4.78 is 1.89. The van der Waals surface area contributed by atoms with E-state index < -0.39 is 0 Å². The van der Waals surface area contributed by atoms with E-state index >= 15 is 0 Å². The van der Waals surface area contributed by atoms with Crippen LogP contribution in [0.3, 0.4) is 0 Å². The van der Waals surface area contributed by atoms with Crippen molar-refractivity contribution in [2.75, 3.05) is 5.73 Å². The Hall–Kier alpha value is -3.21. The first kappa shape index (κ1) is 16.0. The third kappa shape index (κ3) is 2.85. The van der Waals surface area contributed by atoms with E-state index in [1.165, 1.54) is 36.7 Å². The lowest BCUT2D eigenvalue weighted by Gasteiger charge is -2.23. The highest BCUT2D eigenvalue weighted by atomic mass is 15.3. The van der Waals surface area contributed by atoms with Crippen LogP contribution in [0.15, 0.2) is 60.9 Å². The van der Waals surface area contributed by atoms with Gasteiger partial charge in [0.1, 0.15) is 23.4 Å². The van der Waals surface area contributed by atoms with Gasteiger partial charge < -0.3 is 5.73 Å². The second kappa shape index (κ2) is 6.50. The van der Waals surface area contributed by atoms with Crippen molar-refractivity contribution in [1.29, 1.82) is 0 Å². The molecule has 1 fully saturated rings. The molecule has 0 unspecified atom stereocenters. The smallest absolute Gasteiger partial charge is 0.153 e. The van der Waals surface area contributed by atoms with Gasteiger partial charge in [0.15, 0.2) is 5.82 Å². The number of benzene rings is 2. The van der Waals surface area contributed by atoms with Crippen LogP contribution in [0.25, 0.3) is 16.8 Å². The fraction of sp³-hybridized carbons (Fsp3) is 0.227. The van der Waals surface area contributed by atoms with Crippen LogP contribution in [-0.4, -0.2) is 19.6 Å². The van der Waals surface area contributed by atoms with Gasteiger partial charge >= 0.3 is 0 Å². The number of nitrogen functional groups attached to an aromatic ring is 1. The molecule has 0 amide bonds. The standard InChI is InChI=1S/C22H21N5/c23-21-20-19(26-22(18-7-4-8-18)27(20)25-14-24-21)17-11-9-16(10-12-17)13-15-5-2-1-3-6-15/h1-3,5-6,9-12,14,18H,4,7-8,13H2,(H2,23,24,25). The Bertz CT molecular complexity index is 1080. The number of anilines is 1. The second-order valence-corrected chi connectivity index (χ2v) is 7.21. The number of hydrogen-bond acceptors (Lipinski definition) is 4. The molecular weight excluding hydrogens is 334 g/mol. The Morgan fingerprint density at radius 3 is 2.41 bits per heavy atom. The number of imidazole rings is 1. The summed E-state index contributed by atoms with van der Waals surface area (Å²) in [7, 11) is 0. The largest absolute Gasteiger partial charge is 0.382 e. The Morgan fingerprint density at radius 1 is 0.963 bits per heavy atom. The lowest BCUT2D eigenvalue weighted by molar-refractivity contribution is 0.396. The summed E-state index contributed by atoms with van der Waals surface area (Å²) >= 11 is 0. The number of rotatable bonds is 4. The molecule has 2 aromatic heterocycles. The molecule has 0 spiro atoms. The highest BCUT2D eigenvalue weighted by molar-refractivity contribution is 5.85. The van der Waals surface area contributed by atoms with Crippen molar-refractivity contribution in [2.24, 2.45) is 0 Å². The minimum absolute atomic E-state index is 0.470. The average Bonchev–Trinajstić information content (AvgIpc) is 3.03. The van der Waals surface area contributed by atoms with Gasteiger partial charge in [0.05, 0.1) is 0 Å². The Kier molecular flexibility index (Phi) is 3.85. The molecule has 1 aliphatic rings. The molecule has 0 atom stereocenters. The van der Waals surface area contributed by atoms with Gasteiger partial charge in [-0.3, -0.25) is 0 Å². The molecule has 0 aliphatic heterocycles. The Morgan fingerprint density at radius 2 is 1.70 bits per heavy atom. The highest BCUT2D eigenvalue weighted by Crippen LogP contribution is 2.38. The number of fused-ring (bicyclic) bond motifs is 1. The molecular formula is C22H21N5. The first-order valence-electron chi connectivity index (χ1n) is 9.42. The van der Waals surface area contributed by atoms with Crippen molar-refractivity contribution in [1.82, 2.24) is 19.6 Å². The van der Waals surface area contributed by atoms with Gasteiger partial charge in [-0.2, -0.15) is 5.10 Å². The number of nitrogens with two attached hydrogens (primary N) is 1. The molecule has 1 saturated carbocycles. The van der Waals surface area contributed by atoms with Crippen LogP contribution in [0.1, 0.15) is 42.1 Å². The van der Waals surface area contributed by atoms with Crippen molar-refractivity contribution in [3.8, 4) is 11.3 Å². The van der Waals surface area contributed by atoms with Crippen LogP contribution in [0, 0.1) is 0 Å². The predicted molar refractivity (Wildman–Crippen MR) is 106 cm³/mol. The summed E-state index contributed by atoms with van der Waals surface area (Å²) in [6.07, 6.45) is 6.02. The van der Waals surface area contributed by atoms with Gasteiger partial charge in [0.25, 0.3) is 0 Å². The molecule has 0 saturated heterocycles. The summed E-state index contributed by atoms with van der Waals surface area (Å²) in [5.41, 5.74) is 11.5. The fourth-order valence-electron chi connectivity index (χ4n) is 3.72. The molecule has 5 rings (SSSR count). The van der Waals surface area contributed by atoms with Gasteiger partial charge in [-0.1, -0.05) is 61.0 Å². The summed E-state index contributed by atoms with van der Waals surface area (Å²) in [5, 5.41) is 4.43. The van der Waals surface area contributed by atoms with Gasteiger partial charge in [-0.05, 0) is 30.4 Å². The van der Waals surface area contributed by atoms with E-state index in [2.05, 4.69) is 58.6 Å². The molecule has 2 N–H and O–H groups in total. The van der Waals surface area contributed by atoms with Crippen molar-refractivity contribution in [2.45, 2.75) is 31.6 Å². The van der Waals surface area contributed by atoms with Crippen LogP contribution >= 0.6 is 0 Å². The lowest BCUT2D eigenvalue weighted by atomic mass is 9.85. The quantitative estimate of drug-likeness (QED) is 0.595. The highest BCUT2D eigenvalue weighted by Gasteiger charge is 2.27. The summed E-state index contributed by atoms with van der Waals surface area (Å²) in [6.45, 7) is 0. The molecule has 0 bridgehead atoms. The van der Waals surface area contributed by atoms with Gasteiger partial charge in [-0.15, -0.1) is 0 Å². The molecule has 5 heteroatoms. The van der Waals surface area contributed by atoms with E-state index in [9.17, 15) is 0 Å². The Labute approximate surface area is 157 Å². The van der Waals surface area contributed by atoms with Crippen LogP contribution in [0.4, 0.5) is 5.82 Å². The summed E-state index contributed by atoms with van der Waals surface area (Å²) in [5.74, 6) is 1.96. The third-order valence-corrected chi connectivity index (χ3v) is 5.43. The number of hydrogen-bond donors (Lipinski definition) is 1. The minimum Gasteiger partial charge on any atom is -0.382 e. The van der Waals surface area contributed by atoms with Crippen LogP contribution in [0.2, 0.25) is 0 Å². The minimum atomic E-state index is 0.470. The fourth-order valence-corrected chi connectivity index (χ4v) is 3.72. The maximum atomic E-state index is 6.19. The normalized spacial score (nSPS) is 14.4. The molecule has 2 heterocycles. The van der Waals surface area contributed by atoms with Crippen LogP contribution < -0.4 is 5.73 Å². The van der Waals surface area contributed by atoms with Crippen molar-refractivity contribution >= 4 is 11.3 Å².